The maximum atomic E-state index is 11.9. The highest BCUT2D eigenvalue weighted by molar-refractivity contribution is 7.90. The Hall–Kier alpha value is -1.90. The maximum Gasteiger partial charge on any atom is 0.251 e. The minimum absolute atomic E-state index is 0.129. The predicted octanol–water partition coefficient (Wildman–Crippen LogP) is 1.54. The molecule has 9 heteroatoms. The molecule has 0 atom stereocenters. The fraction of sp³-hybridized carbons (Fsp3) is 0.286. The number of halogens is 1. The van der Waals surface area contributed by atoms with Crippen molar-refractivity contribution in [2.24, 2.45) is 0 Å². The van der Waals surface area contributed by atoms with E-state index in [0.29, 0.717) is 27.8 Å². The van der Waals surface area contributed by atoms with Crippen LogP contribution in [-0.4, -0.2) is 37.8 Å². The van der Waals surface area contributed by atoms with E-state index in [-0.39, 0.29) is 24.0 Å². The predicted molar refractivity (Wildman–Crippen MR) is 85.4 cm³/mol. The summed E-state index contributed by atoms with van der Waals surface area (Å²) in [6.07, 6.45) is 0. The Morgan fingerprint density at radius 2 is 2.04 bits per heavy atom. The number of fused-ring (bicyclic) bond motifs is 1. The third-order valence-corrected chi connectivity index (χ3v) is 5.09. The van der Waals surface area contributed by atoms with E-state index in [1.54, 1.807) is 24.3 Å². The number of sulfone groups is 1. The summed E-state index contributed by atoms with van der Waals surface area (Å²) in [5.41, 5.74) is 1.64. The number of aromatic nitrogens is 2. The van der Waals surface area contributed by atoms with Crippen LogP contribution in [0.1, 0.15) is 11.3 Å². The number of benzene rings is 1. The summed E-state index contributed by atoms with van der Waals surface area (Å²) in [6.45, 7) is -0.132. The normalized spacial score (nSPS) is 15.4. The minimum atomic E-state index is -3.22. The van der Waals surface area contributed by atoms with E-state index in [0.717, 1.165) is 0 Å². The molecule has 3 rings (SSSR count). The first kappa shape index (κ1) is 16.0. The van der Waals surface area contributed by atoms with Gasteiger partial charge in [-0.15, -0.1) is 0 Å². The zero-order valence-corrected chi connectivity index (χ0v) is 13.8. The van der Waals surface area contributed by atoms with E-state index >= 15 is 0 Å². The van der Waals surface area contributed by atoms with E-state index in [1.807, 2.05) is 0 Å². The standard InChI is InChI=1S/C14H14ClN3O4S/c1-22-6-13(19)16-14-11-7-23(20,21)8-12(11)17-18(14)10-4-2-9(15)3-5-10/h2-5H,6-8H2,1H3,(H,16,19). The molecule has 0 unspecified atom stereocenters. The Kier molecular flexibility index (Phi) is 4.13. The molecule has 0 saturated heterocycles. The Bertz CT molecular complexity index is 859. The smallest absolute Gasteiger partial charge is 0.251 e. The highest BCUT2D eigenvalue weighted by atomic mass is 35.5. The Morgan fingerprint density at radius 1 is 1.35 bits per heavy atom. The van der Waals surface area contributed by atoms with Gasteiger partial charge in [0.1, 0.15) is 12.4 Å². The number of amides is 1. The van der Waals surface area contributed by atoms with E-state index in [1.165, 1.54) is 11.8 Å². The van der Waals surface area contributed by atoms with Crippen LogP contribution >= 0.6 is 11.6 Å². The fourth-order valence-electron chi connectivity index (χ4n) is 2.44. The van der Waals surface area contributed by atoms with Crippen LogP contribution < -0.4 is 5.32 Å². The van der Waals surface area contributed by atoms with Crippen molar-refractivity contribution in [3.8, 4) is 5.69 Å². The quantitative estimate of drug-likeness (QED) is 0.898. The Balaban J connectivity index is 2.06. The molecule has 2 aromatic rings. The van der Waals surface area contributed by atoms with Crippen LogP contribution in [-0.2, 0) is 30.9 Å². The summed E-state index contributed by atoms with van der Waals surface area (Å²) in [5.74, 6) is -0.297. The number of carbonyl (C=O) groups excluding carboxylic acids is 1. The highest BCUT2D eigenvalue weighted by Crippen LogP contribution is 2.33. The second kappa shape index (κ2) is 5.95. The maximum absolute atomic E-state index is 11.9. The first-order valence-electron chi connectivity index (χ1n) is 6.75. The van der Waals surface area contributed by atoms with Crippen molar-refractivity contribution in [2.75, 3.05) is 19.0 Å². The number of carbonyl (C=O) groups is 1. The second-order valence-electron chi connectivity index (χ2n) is 5.18. The topological polar surface area (TPSA) is 90.3 Å². The zero-order valence-electron chi connectivity index (χ0n) is 12.2. The highest BCUT2D eigenvalue weighted by Gasteiger charge is 2.33. The molecule has 2 heterocycles. The summed E-state index contributed by atoms with van der Waals surface area (Å²) in [5, 5.41) is 7.59. The molecule has 122 valence electrons. The van der Waals surface area contributed by atoms with Gasteiger partial charge in [-0.25, -0.2) is 13.1 Å². The molecule has 1 N–H and O–H groups in total. The van der Waals surface area contributed by atoms with Crippen molar-refractivity contribution < 1.29 is 17.9 Å². The van der Waals surface area contributed by atoms with E-state index in [2.05, 4.69) is 10.4 Å². The number of anilines is 1. The van der Waals surface area contributed by atoms with Gasteiger partial charge in [-0.3, -0.25) is 4.79 Å². The third-order valence-electron chi connectivity index (χ3n) is 3.39. The van der Waals surface area contributed by atoms with E-state index in [4.69, 9.17) is 16.3 Å². The van der Waals surface area contributed by atoms with Crippen LogP contribution in [0.2, 0.25) is 5.02 Å². The van der Waals surface area contributed by atoms with Crippen molar-refractivity contribution in [3.63, 3.8) is 0 Å². The number of nitrogens with one attached hydrogen (secondary N) is 1. The molecule has 0 bridgehead atoms. The molecule has 1 amide bonds. The van der Waals surface area contributed by atoms with E-state index < -0.39 is 9.84 Å². The van der Waals surface area contributed by atoms with Crippen molar-refractivity contribution in [1.82, 2.24) is 9.78 Å². The lowest BCUT2D eigenvalue weighted by Gasteiger charge is -2.11. The van der Waals surface area contributed by atoms with Gasteiger partial charge in [0.25, 0.3) is 5.91 Å². The van der Waals surface area contributed by atoms with Crippen molar-refractivity contribution >= 4 is 33.2 Å². The molecule has 1 aliphatic rings. The lowest BCUT2D eigenvalue weighted by atomic mass is 10.2. The molecule has 1 aromatic heterocycles. The van der Waals surface area contributed by atoms with Gasteiger partial charge in [-0.2, -0.15) is 5.10 Å². The molecule has 1 aromatic carbocycles. The van der Waals surface area contributed by atoms with Gasteiger partial charge in [0.15, 0.2) is 9.84 Å². The van der Waals surface area contributed by atoms with Gasteiger partial charge in [0.2, 0.25) is 0 Å². The number of hydrogen-bond acceptors (Lipinski definition) is 5. The molecular weight excluding hydrogens is 342 g/mol. The summed E-state index contributed by atoms with van der Waals surface area (Å²) in [7, 11) is -1.81. The number of ether oxygens (including phenoxy) is 1. The largest absolute Gasteiger partial charge is 0.375 e. The van der Waals surface area contributed by atoms with Gasteiger partial charge < -0.3 is 10.1 Å². The van der Waals surface area contributed by atoms with E-state index in [9.17, 15) is 13.2 Å². The lowest BCUT2D eigenvalue weighted by Crippen LogP contribution is -2.20. The minimum Gasteiger partial charge on any atom is -0.375 e. The zero-order chi connectivity index (χ0) is 16.6. The number of rotatable bonds is 4. The number of hydrogen-bond donors (Lipinski definition) is 1. The second-order valence-corrected chi connectivity index (χ2v) is 7.68. The molecule has 0 saturated carbocycles. The molecular formula is C14H14ClN3O4S. The van der Waals surface area contributed by atoms with Crippen LogP contribution in [0.3, 0.4) is 0 Å². The first-order valence-corrected chi connectivity index (χ1v) is 8.95. The molecule has 0 aliphatic carbocycles. The molecule has 0 radical (unpaired) electrons. The van der Waals surface area contributed by atoms with Crippen molar-refractivity contribution in [3.05, 3.63) is 40.5 Å². The molecule has 23 heavy (non-hydrogen) atoms. The number of nitrogens with zero attached hydrogens (tertiary/aromatic N) is 2. The van der Waals surface area contributed by atoms with Crippen LogP contribution in [0.4, 0.5) is 5.82 Å². The average Bonchev–Trinajstić information content (AvgIpc) is 2.93. The summed E-state index contributed by atoms with van der Waals surface area (Å²) in [4.78, 5) is 11.9. The van der Waals surface area contributed by atoms with Crippen LogP contribution in [0.25, 0.3) is 5.69 Å². The van der Waals surface area contributed by atoms with Crippen LogP contribution in [0, 0.1) is 0 Å². The monoisotopic (exact) mass is 355 g/mol. The van der Waals surface area contributed by atoms with Gasteiger partial charge in [0, 0.05) is 17.7 Å². The van der Waals surface area contributed by atoms with Crippen molar-refractivity contribution in [1.29, 1.82) is 0 Å². The molecule has 1 aliphatic heterocycles. The van der Waals surface area contributed by atoms with Crippen LogP contribution in [0.15, 0.2) is 24.3 Å². The third kappa shape index (κ3) is 3.24. The molecule has 0 spiro atoms. The molecule has 7 nitrogen and oxygen atoms in total. The van der Waals surface area contributed by atoms with Gasteiger partial charge in [-0.05, 0) is 24.3 Å². The van der Waals surface area contributed by atoms with Crippen molar-refractivity contribution in [2.45, 2.75) is 11.5 Å². The SMILES string of the molecule is COCC(=O)Nc1c2c(nn1-c1ccc(Cl)cc1)CS(=O)(=O)C2. The Labute approximate surface area is 138 Å². The van der Waals surface area contributed by atoms with Gasteiger partial charge >= 0.3 is 0 Å². The summed E-state index contributed by atoms with van der Waals surface area (Å²) >= 11 is 5.88. The average molecular weight is 356 g/mol. The van der Waals surface area contributed by atoms with Gasteiger partial charge in [0.05, 0.1) is 22.9 Å². The molecule has 0 fully saturated rings. The summed E-state index contributed by atoms with van der Waals surface area (Å²) < 4.78 is 29.9. The summed E-state index contributed by atoms with van der Waals surface area (Å²) in [6, 6.07) is 6.87. The lowest BCUT2D eigenvalue weighted by molar-refractivity contribution is -0.119. The number of methoxy groups -OCH3 is 1. The Morgan fingerprint density at radius 3 is 2.70 bits per heavy atom. The fourth-order valence-corrected chi connectivity index (χ4v) is 4.06. The first-order chi connectivity index (χ1) is 10.9. The van der Waals surface area contributed by atoms with Crippen LogP contribution in [0.5, 0.6) is 0 Å². The van der Waals surface area contributed by atoms with Gasteiger partial charge in [-0.1, -0.05) is 11.6 Å².